The number of likely N-dealkylation sites (N-methyl/N-ethyl adjacent to an activating group) is 1. The van der Waals surface area contributed by atoms with Crippen LogP contribution >= 0.6 is 0 Å². The molecule has 2 N–H and O–H groups in total. The maximum atomic E-state index is 12.5. The van der Waals surface area contributed by atoms with Crippen LogP contribution in [0.15, 0.2) is 17.2 Å². The maximum absolute atomic E-state index is 12.5. The van der Waals surface area contributed by atoms with Crippen molar-refractivity contribution in [3.05, 3.63) is 18.0 Å². The number of piperidine rings is 1. The van der Waals surface area contributed by atoms with E-state index in [1.54, 1.807) is 0 Å². The summed E-state index contributed by atoms with van der Waals surface area (Å²) in [6.07, 6.45) is 3.34. The van der Waals surface area contributed by atoms with Crippen molar-refractivity contribution < 1.29 is 13.5 Å². The molecule has 2 rings (SSSR count). The lowest BCUT2D eigenvalue weighted by Crippen LogP contribution is -2.47. The van der Waals surface area contributed by atoms with Gasteiger partial charge < -0.3 is 15.0 Å². The Morgan fingerprint density at radius 3 is 2.84 bits per heavy atom. The molecule has 1 saturated heterocycles. The highest BCUT2D eigenvalue weighted by molar-refractivity contribution is 7.89. The van der Waals surface area contributed by atoms with Crippen molar-refractivity contribution in [1.29, 1.82) is 0 Å². The van der Waals surface area contributed by atoms with Crippen molar-refractivity contribution in [3.8, 4) is 0 Å². The zero-order chi connectivity index (χ0) is 14.0. The number of aliphatic hydroxyl groups excluding tert-OH is 1. The standard InChI is InChI=1S/C12H21N3O3S/c1-14(2)11-4-3-5-15(8-11)19(17,18)12-6-10(9-16)13-7-12/h6-7,11,13,16H,3-5,8-9H2,1-2H3. The summed E-state index contributed by atoms with van der Waals surface area (Å²) in [5, 5.41) is 9.00. The van der Waals surface area contributed by atoms with Gasteiger partial charge in [0.05, 0.1) is 11.5 Å². The summed E-state index contributed by atoms with van der Waals surface area (Å²) in [7, 11) is 0.493. The quantitative estimate of drug-likeness (QED) is 0.830. The molecule has 0 radical (unpaired) electrons. The van der Waals surface area contributed by atoms with E-state index in [9.17, 15) is 8.42 Å². The number of hydrogen-bond acceptors (Lipinski definition) is 4. The van der Waals surface area contributed by atoms with Crippen LogP contribution < -0.4 is 0 Å². The molecule has 2 heterocycles. The van der Waals surface area contributed by atoms with Gasteiger partial charge in [0.1, 0.15) is 0 Å². The molecule has 1 aromatic heterocycles. The van der Waals surface area contributed by atoms with E-state index in [2.05, 4.69) is 9.88 Å². The van der Waals surface area contributed by atoms with Crippen LogP contribution in [0, 0.1) is 0 Å². The number of aromatic nitrogens is 1. The number of H-pyrrole nitrogens is 1. The number of nitrogens with zero attached hydrogens (tertiary/aromatic N) is 2. The molecule has 1 aliphatic rings. The zero-order valence-electron chi connectivity index (χ0n) is 11.3. The van der Waals surface area contributed by atoms with E-state index in [0.29, 0.717) is 18.8 Å². The number of aliphatic hydroxyl groups is 1. The minimum Gasteiger partial charge on any atom is -0.390 e. The van der Waals surface area contributed by atoms with Gasteiger partial charge in [-0.05, 0) is 33.0 Å². The fraction of sp³-hybridized carbons (Fsp3) is 0.667. The van der Waals surface area contributed by atoms with Gasteiger partial charge in [0.25, 0.3) is 0 Å². The summed E-state index contributed by atoms with van der Waals surface area (Å²) in [4.78, 5) is 5.07. The van der Waals surface area contributed by atoms with Crippen LogP contribution in [0.1, 0.15) is 18.5 Å². The molecule has 1 unspecified atom stereocenters. The van der Waals surface area contributed by atoms with Crippen molar-refractivity contribution >= 4 is 10.0 Å². The average molecular weight is 287 g/mol. The molecule has 108 valence electrons. The van der Waals surface area contributed by atoms with Crippen molar-refractivity contribution in [3.63, 3.8) is 0 Å². The van der Waals surface area contributed by atoms with Crippen LogP contribution in [0.25, 0.3) is 0 Å². The van der Waals surface area contributed by atoms with E-state index in [4.69, 9.17) is 5.11 Å². The van der Waals surface area contributed by atoms with Crippen LogP contribution in [0.5, 0.6) is 0 Å². The second-order valence-corrected chi connectivity index (χ2v) is 7.08. The van der Waals surface area contributed by atoms with Gasteiger partial charge in [0, 0.05) is 31.0 Å². The number of nitrogens with one attached hydrogen (secondary N) is 1. The highest BCUT2D eigenvalue weighted by atomic mass is 32.2. The molecule has 0 amide bonds. The Balaban J connectivity index is 2.19. The molecule has 0 bridgehead atoms. The van der Waals surface area contributed by atoms with Gasteiger partial charge in [-0.1, -0.05) is 0 Å². The second kappa shape index (κ2) is 5.62. The fourth-order valence-electron chi connectivity index (χ4n) is 2.37. The minimum atomic E-state index is -3.45. The SMILES string of the molecule is CN(C)C1CCCN(S(=O)(=O)c2c[nH]c(CO)c2)C1. The van der Waals surface area contributed by atoms with Crippen molar-refractivity contribution in [1.82, 2.24) is 14.2 Å². The third-order valence-electron chi connectivity index (χ3n) is 3.61. The fourth-order valence-corrected chi connectivity index (χ4v) is 3.90. The third-order valence-corrected chi connectivity index (χ3v) is 5.46. The normalized spacial score (nSPS) is 22.0. The van der Waals surface area contributed by atoms with E-state index in [1.165, 1.54) is 16.6 Å². The number of rotatable bonds is 4. The Morgan fingerprint density at radius 1 is 1.53 bits per heavy atom. The molecular weight excluding hydrogens is 266 g/mol. The van der Waals surface area contributed by atoms with Gasteiger partial charge in [-0.25, -0.2) is 8.42 Å². The van der Waals surface area contributed by atoms with Crippen molar-refractivity contribution in [2.24, 2.45) is 0 Å². The van der Waals surface area contributed by atoms with Gasteiger partial charge >= 0.3 is 0 Å². The summed E-state index contributed by atoms with van der Waals surface area (Å²) in [5.74, 6) is 0. The Bertz CT molecular complexity index is 524. The monoisotopic (exact) mass is 287 g/mol. The van der Waals surface area contributed by atoms with Gasteiger partial charge in [0.15, 0.2) is 0 Å². The second-order valence-electron chi connectivity index (χ2n) is 5.14. The highest BCUT2D eigenvalue weighted by Crippen LogP contribution is 2.22. The topological polar surface area (TPSA) is 76.6 Å². The number of aromatic amines is 1. The van der Waals surface area contributed by atoms with Gasteiger partial charge in [-0.15, -0.1) is 0 Å². The van der Waals surface area contributed by atoms with Crippen LogP contribution in [0.4, 0.5) is 0 Å². The van der Waals surface area contributed by atoms with Gasteiger partial charge in [-0.3, -0.25) is 0 Å². The molecule has 7 heteroatoms. The lowest BCUT2D eigenvalue weighted by Gasteiger charge is -2.35. The summed E-state index contributed by atoms with van der Waals surface area (Å²) in [6, 6.07) is 1.76. The summed E-state index contributed by atoms with van der Waals surface area (Å²) >= 11 is 0. The van der Waals surface area contributed by atoms with E-state index < -0.39 is 10.0 Å². The molecule has 1 aliphatic heterocycles. The lowest BCUT2D eigenvalue weighted by molar-refractivity contribution is 0.190. The van der Waals surface area contributed by atoms with E-state index in [-0.39, 0.29) is 17.5 Å². The van der Waals surface area contributed by atoms with Gasteiger partial charge in [0.2, 0.25) is 10.0 Å². The molecule has 1 atom stereocenters. The molecule has 6 nitrogen and oxygen atoms in total. The summed E-state index contributed by atoms with van der Waals surface area (Å²) < 4.78 is 26.5. The van der Waals surface area contributed by atoms with Gasteiger partial charge in [-0.2, -0.15) is 4.31 Å². The number of sulfonamides is 1. The first-order valence-corrected chi connectivity index (χ1v) is 7.84. The Labute approximate surface area is 114 Å². The lowest BCUT2D eigenvalue weighted by atomic mass is 10.1. The largest absolute Gasteiger partial charge is 0.390 e. The molecule has 0 saturated carbocycles. The molecular formula is C12H21N3O3S. The molecule has 19 heavy (non-hydrogen) atoms. The average Bonchev–Trinajstić information content (AvgIpc) is 2.88. The van der Waals surface area contributed by atoms with E-state index >= 15 is 0 Å². The molecule has 1 aromatic rings. The molecule has 0 aliphatic carbocycles. The predicted molar refractivity (Wildman–Crippen MR) is 72.2 cm³/mol. The first-order valence-electron chi connectivity index (χ1n) is 6.40. The van der Waals surface area contributed by atoms with Crippen molar-refractivity contribution in [2.45, 2.75) is 30.4 Å². The summed E-state index contributed by atoms with van der Waals surface area (Å²) in [6.45, 7) is 0.900. The third kappa shape index (κ3) is 3.00. The minimum absolute atomic E-state index is 0.185. The molecule has 0 spiro atoms. The van der Waals surface area contributed by atoms with E-state index in [0.717, 1.165) is 12.8 Å². The zero-order valence-corrected chi connectivity index (χ0v) is 12.2. The predicted octanol–water partition coefficient (Wildman–Crippen LogP) is 0.222. The smallest absolute Gasteiger partial charge is 0.244 e. The van der Waals surface area contributed by atoms with Crippen LogP contribution in [-0.4, -0.2) is 60.9 Å². The van der Waals surface area contributed by atoms with Crippen molar-refractivity contribution in [2.75, 3.05) is 27.2 Å². The Morgan fingerprint density at radius 2 is 2.26 bits per heavy atom. The number of hydrogen-bond donors (Lipinski definition) is 2. The Kier molecular flexibility index (Phi) is 4.29. The first kappa shape index (κ1) is 14.5. The van der Waals surface area contributed by atoms with Crippen LogP contribution in [0.3, 0.4) is 0 Å². The molecule has 0 aromatic carbocycles. The summed E-state index contributed by atoms with van der Waals surface area (Å²) in [5.41, 5.74) is 0.514. The highest BCUT2D eigenvalue weighted by Gasteiger charge is 2.31. The van der Waals surface area contributed by atoms with Crippen LogP contribution in [0.2, 0.25) is 0 Å². The van der Waals surface area contributed by atoms with Crippen LogP contribution in [-0.2, 0) is 16.6 Å². The van der Waals surface area contributed by atoms with E-state index in [1.807, 2.05) is 14.1 Å². The first-order chi connectivity index (χ1) is 8.95. The molecule has 1 fully saturated rings. The maximum Gasteiger partial charge on any atom is 0.244 e. The Hall–Kier alpha value is -0.890.